The minimum atomic E-state index is -0.589. The number of hydrogen-bond acceptors (Lipinski definition) is 6. The van der Waals surface area contributed by atoms with Gasteiger partial charge in [0.1, 0.15) is 19.3 Å². The number of aryl methyl sites for hydroxylation is 1. The van der Waals surface area contributed by atoms with Gasteiger partial charge in [-0.25, -0.2) is 14.3 Å². The molecule has 0 radical (unpaired) electrons. The molecule has 2 aromatic carbocycles. The maximum Gasteiger partial charge on any atom is 0.333 e. The lowest BCUT2D eigenvalue weighted by Gasteiger charge is -2.26. The van der Waals surface area contributed by atoms with Gasteiger partial charge in [0, 0.05) is 6.54 Å². The first-order valence-electron chi connectivity index (χ1n) is 11.4. The van der Waals surface area contributed by atoms with Crippen LogP contribution in [0.1, 0.15) is 12.5 Å². The number of carbonyl (C=O) groups is 1. The van der Waals surface area contributed by atoms with Gasteiger partial charge in [0.2, 0.25) is 5.91 Å². The van der Waals surface area contributed by atoms with E-state index in [-0.39, 0.29) is 31.3 Å². The van der Waals surface area contributed by atoms with Crippen molar-refractivity contribution in [1.82, 2.24) is 24.0 Å². The van der Waals surface area contributed by atoms with Gasteiger partial charge < -0.3 is 19.4 Å². The highest BCUT2D eigenvalue weighted by Crippen LogP contribution is 2.30. The molecule has 35 heavy (non-hydrogen) atoms. The lowest BCUT2D eigenvalue weighted by atomic mass is 10.2. The summed E-state index contributed by atoms with van der Waals surface area (Å²) < 4.78 is 15.6. The Bertz CT molecular complexity index is 1490. The molecular formula is C25H25N5O5. The summed E-state index contributed by atoms with van der Waals surface area (Å²) in [6, 6.07) is 16.7. The average Bonchev–Trinajstić information content (AvgIpc) is 3.32. The number of benzene rings is 2. The molecule has 0 bridgehead atoms. The van der Waals surface area contributed by atoms with E-state index in [1.54, 1.807) is 10.6 Å². The van der Waals surface area contributed by atoms with Gasteiger partial charge in [-0.15, -0.1) is 0 Å². The number of amides is 1. The molecule has 2 aromatic heterocycles. The Kier molecular flexibility index (Phi) is 6.09. The van der Waals surface area contributed by atoms with E-state index in [1.165, 1.54) is 10.9 Å². The molecule has 0 saturated carbocycles. The Balaban J connectivity index is 1.39. The highest BCUT2D eigenvalue weighted by Gasteiger charge is 2.23. The van der Waals surface area contributed by atoms with E-state index in [1.807, 2.05) is 55.5 Å². The molecular weight excluding hydrogens is 450 g/mol. The van der Waals surface area contributed by atoms with Crippen LogP contribution in [0, 0.1) is 0 Å². The second kappa shape index (κ2) is 9.49. The van der Waals surface area contributed by atoms with Crippen LogP contribution in [0.3, 0.4) is 0 Å². The summed E-state index contributed by atoms with van der Waals surface area (Å²) in [6.07, 6.45) is 1.15. The normalized spacial score (nSPS) is 14.7. The summed E-state index contributed by atoms with van der Waals surface area (Å²) in [5, 5.41) is 2.75. The zero-order valence-electron chi connectivity index (χ0n) is 19.2. The Morgan fingerprint density at radius 2 is 1.80 bits per heavy atom. The van der Waals surface area contributed by atoms with Gasteiger partial charge in [-0.3, -0.25) is 14.2 Å². The molecule has 180 valence electrons. The molecule has 0 fully saturated rings. The fourth-order valence-electron chi connectivity index (χ4n) is 4.12. The van der Waals surface area contributed by atoms with Gasteiger partial charge in [-0.05, 0) is 24.6 Å². The molecule has 1 atom stereocenters. The highest BCUT2D eigenvalue weighted by atomic mass is 16.6. The number of rotatable bonds is 7. The molecule has 10 heteroatoms. The molecule has 10 nitrogen and oxygen atoms in total. The van der Waals surface area contributed by atoms with Crippen LogP contribution in [0.15, 0.2) is 70.5 Å². The van der Waals surface area contributed by atoms with Crippen LogP contribution in [0.2, 0.25) is 0 Å². The molecule has 1 N–H and O–H groups in total. The van der Waals surface area contributed by atoms with Crippen LogP contribution in [-0.4, -0.2) is 43.8 Å². The van der Waals surface area contributed by atoms with Crippen molar-refractivity contribution in [3.05, 3.63) is 87.3 Å². The summed E-state index contributed by atoms with van der Waals surface area (Å²) in [5.41, 5.74) is 0.334. The summed E-state index contributed by atoms with van der Waals surface area (Å²) >= 11 is 0. The average molecular weight is 476 g/mol. The van der Waals surface area contributed by atoms with Crippen molar-refractivity contribution >= 4 is 17.1 Å². The van der Waals surface area contributed by atoms with Crippen LogP contribution in [-0.2, 0) is 24.4 Å². The highest BCUT2D eigenvalue weighted by molar-refractivity contribution is 5.76. The molecule has 1 aliphatic heterocycles. The van der Waals surface area contributed by atoms with Gasteiger partial charge in [0.05, 0.1) is 19.4 Å². The second-order valence-corrected chi connectivity index (χ2v) is 8.25. The van der Waals surface area contributed by atoms with Crippen molar-refractivity contribution in [3.63, 3.8) is 0 Å². The number of aromatic nitrogens is 4. The largest absolute Gasteiger partial charge is 0.486 e. The molecule has 0 saturated heterocycles. The van der Waals surface area contributed by atoms with E-state index in [0.717, 1.165) is 10.1 Å². The summed E-state index contributed by atoms with van der Waals surface area (Å²) in [5.74, 6) is 0.789. The topological polar surface area (TPSA) is 109 Å². The fourth-order valence-corrected chi connectivity index (χ4v) is 4.12. The quantitative estimate of drug-likeness (QED) is 0.433. The first-order valence-corrected chi connectivity index (χ1v) is 11.4. The van der Waals surface area contributed by atoms with E-state index in [4.69, 9.17) is 9.47 Å². The van der Waals surface area contributed by atoms with Crippen molar-refractivity contribution in [2.75, 3.05) is 13.2 Å². The molecule has 1 aliphatic rings. The zero-order valence-corrected chi connectivity index (χ0v) is 19.2. The number of para-hydroxylation sites is 2. The van der Waals surface area contributed by atoms with Crippen LogP contribution >= 0.6 is 0 Å². The number of hydrogen-bond donors (Lipinski definition) is 1. The van der Waals surface area contributed by atoms with Crippen LogP contribution in [0.4, 0.5) is 0 Å². The second-order valence-electron chi connectivity index (χ2n) is 8.25. The summed E-state index contributed by atoms with van der Waals surface area (Å²) in [7, 11) is 0. The maximum atomic E-state index is 13.3. The lowest BCUT2D eigenvalue weighted by Crippen LogP contribution is -2.46. The van der Waals surface area contributed by atoms with Gasteiger partial charge in [-0.2, -0.15) is 0 Å². The standard InChI is InChI=1S/C25H25N5O5/c1-2-28-16-27-23-22(28)24(32)30(25(33)29(23)13-17-8-4-3-5-9-17)14-21(31)26-12-18-15-34-19-10-6-7-11-20(19)35-18/h3-11,16,18H,2,12-15H2,1H3,(H,26,31). The lowest BCUT2D eigenvalue weighted by molar-refractivity contribution is -0.122. The molecule has 0 spiro atoms. The third-order valence-corrected chi connectivity index (χ3v) is 5.90. The molecule has 0 aliphatic carbocycles. The van der Waals surface area contributed by atoms with Crippen molar-refractivity contribution < 1.29 is 14.3 Å². The van der Waals surface area contributed by atoms with E-state index in [0.29, 0.717) is 23.7 Å². The SMILES string of the molecule is CCn1cnc2c1c(=O)n(CC(=O)NCC1COc3ccccc3O1)c(=O)n2Cc1ccccc1. The minimum Gasteiger partial charge on any atom is -0.486 e. The predicted molar refractivity (Wildman–Crippen MR) is 129 cm³/mol. The number of carbonyl (C=O) groups excluding carboxylic acids is 1. The molecule has 4 aromatic rings. The van der Waals surface area contributed by atoms with Crippen molar-refractivity contribution in [2.45, 2.75) is 32.7 Å². The summed E-state index contributed by atoms with van der Waals surface area (Å²) in [4.78, 5) is 43.7. The number of nitrogens with one attached hydrogen (secondary N) is 1. The van der Waals surface area contributed by atoms with Gasteiger partial charge in [0.25, 0.3) is 5.56 Å². The Labute approximate surface area is 200 Å². The fraction of sp³-hybridized carbons (Fsp3) is 0.280. The van der Waals surface area contributed by atoms with Gasteiger partial charge in [-0.1, -0.05) is 42.5 Å². The smallest absolute Gasteiger partial charge is 0.333 e. The Morgan fingerprint density at radius 3 is 2.57 bits per heavy atom. The first kappa shape index (κ1) is 22.5. The number of ether oxygens (including phenoxy) is 2. The third-order valence-electron chi connectivity index (χ3n) is 5.90. The van der Waals surface area contributed by atoms with E-state index < -0.39 is 23.7 Å². The molecule has 1 unspecified atom stereocenters. The molecule has 5 rings (SSSR count). The van der Waals surface area contributed by atoms with Crippen molar-refractivity contribution in [3.8, 4) is 11.5 Å². The number of imidazole rings is 1. The number of nitrogens with zero attached hydrogens (tertiary/aromatic N) is 4. The Hall–Kier alpha value is -4.34. The Morgan fingerprint density at radius 1 is 1.06 bits per heavy atom. The van der Waals surface area contributed by atoms with E-state index in [2.05, 4.69) is 10.3 Å². The van der Waals surface area contributed by atoms with Gasteiger partial charge in [0.15, 0.2) is 22.7 Å². The van der Waals surface area contributed by atoms with E-state index >= 15 is 0 Å². The van der Waals surface area contributed by atoms with Crippen molar-refractivity contribution in [2.24, 2.45) is 0 Å². The third kappa shape index (κ3) is 4.42. The first-order chi connectivity index (χ1) is 17.0. The molecule has 1 amide bonds. The zero-order chi connectivity index (χ0) is 24.4. The van der Waals surface area contributed by atoms with E-state index in [9.17, 15) is 14.4 Å². The molecule has 3 heterocycles. The summed E-state index contributed by atoms with van der Waals surface area (Å²) in [6.45, 7) is 2.65. The van der Waals surface area contributed by atoms with Crippen LogP contribution < -0.4 is 26.0 Å². The van der Waals surface area contributed by atoms with Gasteiger partial charge >= 0.3 is 5.69 Å². The van der Waals surface area contributed by atoms with Crippen LogP contribution in [0.5, 0.6) is 11.5 Å². The van der Waals surface area contributed by atoms with Crippen LogP contribution in [0.25, 0.3) is 11.2 Å². The minimum absolute atomic E-state index is 0.176. The van der Waals surface area contributed by atoms with Crippen molar-refractivity contribution in [1.29, 1.82) is 0 Å². The predicted octanol–water partition coefficient (Wildman–Crippen LogP) is 1.38. The maximum absolute atomic E-state index is 13.3. The number of fused-ring (bicyclic) bond motifs is 2. The monoisotopic (exact) mass is 475 g/mol.